The van der Waals surface area contributed by atoms with Gasteiger partial charge in [0.15, 0.2) is 0 Å². The van der Waals surface area contributed by atoms with E-state index in [9.17, 15) is 20.0 Å². The Morgan fingerprint density at radius 3 is 2.65 bits per heavy atom. The highest BCUT2D eigenvalue weighted by Gasteiger charge is 2.24. The van der Waals surface area contributed by atoms with Crippen molar-refractivity contribution < 1.29 is 14.8 Å². The van der Waals surface area contributed by atoms with Crippen LogP contribution in [0.15, 0.2) is 41.4 Å². The summed E-state index contributed by atoms with van der Waals surface area (Å²) in [5, 5.41) is 24.9. The lowest BCUT2D eigenvalue weighted by molar-refractivity contribution is -0.384. The van der Waals surface area contributed by atoms with Crippen molar-refractivity contribution >= 4 is 39.8 Å². The van der Waals surface area contributed by atoms with Crippen LogP contribution in [-0.2, 0) is 12.8 Å². The van der Waals surface area contributed by atoms with E-state index >= 15 is 0 Å². The minimum atomic E-state index is -0.517. The molecular formula is C26H27N3O4S. The first-order valence-electron chi connectivity index (χ1n) is 11.4. The molecule has 8 heteroatoms. The molecule has 2 aromatic carbocycles. The number of carbonyl (C=O) groups excluding carboxylic acids is 1. The number of nitro groups is 1. The fourth-order valence-electron chi connectivity index (χ4n) is 4.17. The summed E-state index contributed by atoms with van der Waals surface area (Å²) in [5.74, 6) is -0.312. The monoisotopic (exact) mass is 477 g/mol. The zero-order valence-corrected chi connectivity index (χ0v) is 20.1. The number of nitrogens with zero attached hydrogens (tertiary/aromatic N) is 2. The van der Waals surface area contributed by atoms with E-state index in [2.05, 4.69) is 10.3 Å². The van der Waals surface area contributed by atoms with Crippen LogP contribution in [0.2, 0.25) is 0 Å². The summed E-state index contributed by atoms with van der Waals surface area (Å²) < 4.78 is 0. The maximum atomic E-state index is 13.5. The van der Waals surface area contributed by atoms with E-state index in [1.54, 1.807) is 0 Å². The van der Waals surface area contributed by atoms with E-state index in [4.69, 9.17) is 0 Å². The summed E-state index contributed by atoms with van der Waals surface area (Å²) in [6.45, 7) is 3.94. The van der Waals surface area contributed by atoms with Crippen molar-refractivity contribution in [2.24, 2.45) is 4.99 Å². The maximum Gasteiger partial charge on any atom is 0.270 e. The van der Waals surface area contributed by atoms with Crippen LogP contribution in [0.1, 0.15) is 63.2 Å². The number of aromatic hydroxyl groups is 1. The Kier molecular flexibility index (Phi) is 7.07. The molecular weight excluding hydrogens is 450 g/mol. The molecule has 0 spiro atoms. The molecule has 34 heavy (non-hydrogen) atoms. The highest BCUT2D eigenvalue weighted by molar-refractivity contribution is 7.16. The molecule has 1 aliphatic carbocycles. The summed E-state index contributed by atoms with van der Waals surface area (Å²) in [6.07, 6.45) is 7.51. The SMILES string of the molecule is Cc1ccc(C)c(NC(=O)c2c(N=Cc3cc([N+](=O)[O-])ccc3O)sc3c2CCCCCC3)c1. The summed E-state index contributed by atoms with van der Waals surface area (Å²) in [5.41, 5.74) is 4.50. The number of thiophene rings is 1. The van der Waals surface area contributed by atoms with Crippen molar-refractivity contribution in [3.63, 3.8) is 0 Å². The van der Waals surface area contributed by atoms with E-state index in [1.807, 2.05) is 32.0 Å². The first kappa shape index (κ1) is 23.6. The molecule has 1 aromatic heterocycles. The molecule has 1 heterocycles. The summed E-state index contributed by atoms with van der Waals surface area (Å²) in [6, 6.07) is 9.74. The average Bonchev–Trinajstić information content (AvgIpc) is 3.11. The van der Waals surface area contributed by atoms with Gasteiger partial charge in [0.05, 0.1) is 10.5 Å². The molecule has 0 saturated carbocycles. The predicted molar refractivity (Wildman–Crippen MR) is 136 cm³/mol. The number of benzene rings is 2. The van der Waals surface area contributed by atoms with E-state index in [-0.39, 0.29) is 22.9 Å². The number of fused-ring (bicyclic) bond motifs is 1. The summed E-state index contributed by atoms with van der Waals surface area (Å²) in [4.78, 5) is 29.9. The molecule has 7 nitrogen and oxygen atoms in total. The molecule has 1 aliphatic rings. The Morgan fingerprint density at radius 1 is 1.12 bits per heavy atom. The standard InChI is InChI=1S/C26H27N3O4S/c1-16-9-10-17(2)21(13-16)28-25(31)24-20-7-5-3-4-6-8-23(20)34-26(24)27-15-18-14-19(29(32)33)11-12-22(18)30/h9-15,30H,3-8H2,1-2H3,(H,28,31). The van der Waals surface area contributed by atoms with Crippen molar-refractivity contribution in [3.05, 3.63) is 79.2 Å². The predicted octanol–water partition coefficient (Wildman–Crippen LogP) is 6.64. The second kappa shape index (κ2) is 10.2. The normalized spacial score (nSPS) is 13.8. The number of carbonyl (C=O) groups is 1. The highest BCUT2D eigenvalue weighted by Crippen LogP contribution is 2.39. The minimum absolute atomic E-state index is 0.106. The van der Waals surface area contributed by atoms with Crippen LogP contribution in [0.4, 0.5) is 16.4 Å². The van der Waals surface area contributed by atoms with Crippen molar-refractivity contribution in [2.45, 2.75) is 52.4 Å². The van der Waals surface area contributed by atoms with Gasteiger partial charge in [-0.1, -0.05) is 25.0 Å². The van der Waals surface area contributed by atoms with Crippen LogP contribution < -0.4 is 5.32 Å². The van der Waals surface area contributed by atoms with Crippen LogP contribution in [0.3, 0.4) is 0 Å². The number of nitro benzene ring substituents is 1. The van der Waals surface area contributed by atoms with Gasteiger partial charge in [-0.25, -0.2) is 4.99 Å². The zero-order valence-electron chi connectivity index (χ0n) is 19.3. The van der Waals surface area contributed by atoms with Gasteiger partial charge in [-0.2, -0.15) is 0 Å². The van der Waals surface area contributed by atoms with Gasteiger partial charge in [-0.3, -0.25) is 14.9 Å². The lowest BCUT2D eigenvalue weighted by Crippen LogP contribution is -2.15. The molecule has 0 bridgehead atoms. The van der Waals surface area contributed by atoms with Crippen LogP contribution in [0.25, 0.3) is 0 Å². The van der Waals surface area contributed by atoms with E-state index in [0.29, 0.717) is 10.6 Å². The number of anilines is 1. The van der Waals surface area contributed by atoms with Gasteiger partial charge in [-0.15, -0.1) is 11.3 Å². The van der Waals surface area contributed by atoms with Crippen LogP contribution in [0.5, 0.6) is 5.75 Å². The van der Waals surface area contributed by atoms with E-state index in [0.717, 1.165) is 54.5 Å². The smallest absolute Gasteiger partial charge is 0.270 e. The molecule has 0 saturated heterocycles. The second-order valence-electron chi connectivity index (χ2n) is 8.63. The van der Waals surface area contributed by atoms with Crippen molar-refractivity contribution in [2.75, 3.05) is 5.32 Å². The number of non-ortho nitro benzene ring substituents is 1. The van der Waals surface area contributed by atoms with Crippen molar-refractivity contribution in [1.82, 2.24) is 0 Å². The zero-order chi connectivity index (χ0) is 24.2. The molecule has 0 radical (unpaired) electrons. The van der Waals surface area contributed by atoms with Crippen LogP contribution in [0, 0.1) is 24.0 Å². The van der Waals surface area contributed by atoms with Gasteiger partial charge in [0.25, 0.3) is 11.6 Å². The molecule has 4 rings (SSSR count). The van der Waals surface area contributed by atoms with Crippen molar-refractivity contribution in [1.29, 1.82) is 0 Å². The Morgan fingerprint density at radius 2 is 1.88 bits per heavy atom. The number of nitrogens with one attached hydrogen (secondary N) is 1. The fourth-order valence-corrected chi connectivity index (χ4v) is 5.40. The molecule has 0 unspecified atom stereocenters. The van der Waals surface area contributed by atoms with Gasteiger partial charge >= 0.3 is 0 Å². The first-order chi connectivity index (χ1) is 16.3. The lowest BCUT2D eigenvalue weighted by atomic mass is 9.96. The number of rotatable bonds is 5. The number of hydrogen-bond acceptors (Lipinski definition) is 6. The van der Waals surface area contributed by atoms with Gasteiger partial charge in [0, 0.05) is 34.5 Å². The first-order valence-corrected chi connectivity index (χ1v) is 12.2. The largest absolute Gasteiger partial charge is 0.507 e. The average molecular weight is 478 g/mol. The highest BCUT2D eigenvalue weighted by atomic mass is 32.1. The van der Waals surface area contributed by atoms with Gasteiger partial charge in [0.2, 0.25) is 0 Å². The molecule has 0 aliphatic heterocycles. The third-order valence-electron chi connectivity index (χ3n) is 6.06. The topological polar surface area (TPSA) is 105 Å². The molecule has 2 N–H and O–H groups in total. The second-order valence-corrected chi connectivity index (χ2v) is 9.71. The molecule has 3 aromatic rings. The van der Waals surface area contributed by atoms with Crippen LogP contribution >= 0.6 is 11.3 Å². The number of amides is 1. The fraction of sp³-hybridized carbons (Fsp3) is 0.308. The molecule has 176 valence electrons. The number of aryl methyl sites for hydroxylation is 3. The van der Waals surface area contributed by atoms with Crippen LogP contribution in [-0.4, -0.2) is 22.2 Å². The Hall–Kier alpha value is -3.52. The Bertz CT molecular complexity index is 1280. The third kappa shape index (κ3) is 5.17. The maximum absolute atomic E-state index is 13.5. The summed E-state index contributed by atoms with van der Waals surface area (Å²) >= 11 is 1.49. The Balaban J connectivity index is 1.75. The van der Waals surface area contributed by atoms with Gasteiger partial charge < -0.3 is 10.4 Å². The summed E-state index contributed by atoms with van der Waals surface area (Å²) in [7, 11) is 0. The lowest BCUT2D eigenvalue weighted by Gasteiger charge is -2.13. The molecule has 0 atom stereocenters. The number of aliphatic imine (C=N–C) groups is 1. The number of phenols is 1. The number of hydrogen-bond donors (Lipinski definition) is 2. The van der Waals surface area contributed by atoms with Gasteiger partial charge in [0.1, 0.15) is 10.8 Å². The van der Waals surface area contributed by atoms with E-state index in [1.165, 1.54) is 47.0 Å². The molecule has 1 amide bonds. The third-order valence-corrected chi connectivity index (χ3v) is 7.26. The van der Waals surface area contributed by atoms with Crippen molar-refractivity contribution in [3.8, 4) is 5.75 Å². The van der Waals surface area contributed by atoms with E-state index < -0.39 is 4.92 Å². The number of phenolic OH excluding ortho intramolecular Hbond substituents is 1. The van der Waals surface area contributed by atoms with Gasteiger partial charge in [-0.05, 0) is 68.4 Å². The Labute approximate surface area is 202 Å². The molecule has 0 fully saturated rings. The minimum Gasteiger partial charge on any atom is -0.507 e. The quantitative estimate of drug-likeness (QED) is 0.244.